The van der Waals surface area contributed by atoms with Crippen molar-refractivity contribution in [2.75, 3.05) is 11.4 Å². The standard InChI is InChI=1S/C22H16ClN3O/c23-18-7-3-15(4-8-18)11-22(27)26-10-9-19-20(13-25-14-21(19)26)17-5-1-16(12-24)2-6-17/h1-8,13-14H,9-11H2. The lowest BCUT2D eigenvalue weighted by atomic mass is 9.99. The van der Waals surface area contributed by atoms with Crippen molar-refractivity contribution in [3.05, 3.63) is 82.6 Å². The molecule has 1 aliphatic rings. The molecule has 0 N–H and O–H groups in total. The fraction of sp³-hybridized carbons (Fsp3) is 0.136. The first kappa shape index (κ1) is 17.3. The first-order valence-electron chi connectivity index (χ1n) is 8.68. The maximum atomic E-state index is 12.8. The second-order valence-corrected chi connectivity index (χ2v) is 6.91. The highest BCUT2D eigenvalue weighted by atomic mass is 35.5. The molecule has 27 heavy (non-hydrogen) atoms. The van der Waals surface area contributed by atoms with Crippen molar-refractivity contribution in [3.63, 3.8) is 0 Å². The van der Waals surface area contributed by atoms with Crippen LogP contribution in [0.4, 0.5) is 5.69 Å². The van der Waals surface area contributed by atoms with Gasteiger partial charge in [-0.3, -0.25) is 9.78 Å². The predicted molar refractivity (Wildman–Crippen MR) is 106 cm³/mol. The number of halogens is 1. The summed E-state index contributed by atoms with van der Waals surface area (Å²) in [5.74, 6) is 0.0508. The third kappa shape index (κ3) is 3.42. The number of hydrogen-bond donors (Lipinski definition) is 0. The molecule has 2 heterocycles. The van der Waals surface area contributed by atoms with Gasteiger partial charge in [-0.2, -0.15) is 5.26 Å². The lowest BCUT2D eigenvalue weighted by molar-refractivity contribution is -0.117. The molecular formula is C22H16ClN3O. The van der Waals surface area contributed by atoms with Crippen LogP contribution in [0, 0.1) is 11.3 Å². The van der Waals surface area contributed by atoms with Crippen molar-refractivity contribution in [2.45, 2.75) is 12.8 Å². The highest BCUT2D eigenvalue weighted by Gasteiger charge is 2.27. The first-order valence-corrected chi connectivity index (χ1v) is 9.06. The van der Waals surface area contributed by atoms with E-state index in [-0.39, 0.29) is 5.91 Å². The molecule has 0 bridgehead atoms. The second kappa shape index (κ2) is 7.22. The van der Waals surface area contributed by atoms with Crippen LogP contribution in [-0.2, 0) is 17.6 Å². The van der Waals surface area contributed by atoms with E-state index in [4.69, 9.17) is 16.9 Å². The SMILES string of the molecule is N#Cc1ccc(-c2cncc3c2CCN3C(=O)Cc2ccc(Cl)cc2)cc1. The molecule has 0 fully saturated rings. The summed E-state index contributed by atoms with van der Waals surface area (Å²) >= 11 is 5.92. The molecule has 0 saturated carbocycles. The van der Waals surface area contributed by atoms with Crippen LogP contribution in [0.25, 0.3) is 11.1 Å². The van der Waals surface area contributed by atoms with E-state index in [9.17, 15) is 4.79 Å². The molecule has 0 unspecified atom stereocenters. The van der Waals surface area contributed by atoms with Crippen molar-refractivity contribution in [3.8, 4) is 17.2 Å². The van der Waals surface area contributed by atoms with E-state index in [1.165, 1.54) is 0 Å². The van der Waals surface area contributed by atoms with Gasteiger partial charge in [0.05, 0.1) is 29.9 Å². The van der Waals surface area contributed by atoms with Crippen molar-refractivity contribution >= 4 is 23.2 Å². The van der Waals surface area contributed by atoms with Crippen LogP contribution in [0.2, 0.25) is 5.02 Å². The Morgan fingerprint density at radius 3 is 2.56 bits per heavy atom. The molecule has 1 aliphatic heterocycles. The number of nitrogens with zero attached hydrogens (tertiary/aromatic N) is 3. The Labute approximate surface area is 162 Å². The number of nitriles is 1. The van der Waals surface area contributed by atoms with Gasteiger partial charge < -0.3 is 4.90 Å². The van der Waals surface area contributed by atoms with Gasteiger partial charge in [-0.1, -0.05) is 35.9 Å². The Morgan fingerprint density at radius 1 is 1.11 bits per heavy atom. The van der Waals surface area contributed by atoms with E-state index in [0.29, 0.717) is 23.6 Å². The first-order chi connectivity index (χ1) is 13.2. The Kier molecular flexibility index (Phi) is 4.62. The molecule has 1 aromatic heterocycles. The van der Waals surface area contributed by atoms with Crippen LogP contribution < -0.4 is 4.90 Å². The van der Waals surface area contributed by atoms with Crippen molar-refractivity contribution in [1.82, 2.24) is 4.98 Å². The van der Waals surface area contributed by atoms with Gasteiger partial charge >= 0.3 is 0 Å². The van der Waals surface area contributed by atoms with Gasteiger partial charge in [0.2, 0.25) is 5.91 Å². The molecule has 0 radical (unpaired) electrons. The van der Waals surface area contributed by atoms with Crippen LogP contribution in [0.5, 0.6) is 0 Å². The quantitative estimate of drug-likeness (QED) is 0.683. The minimum atomic E-state index is 0.0508. The molecular weight excluding hydrogens is 358 g/mol. The van der Waals surface area contributed by atoms with Gasteiger partial charge in [0, 0.05) is 23.3 Å². The number of benzene rings is 2. The third-order valence-corrected chi connectivity index (χ3v) is 5.06. The number of amides is 1. The zero-order valence-electron chi connectivity index (χ0n) is 14.5. The monoisotopic (exact) mass is 373 g/mol. The van der Waals surface area contributed by atoms with Gasteiger partial charge in [-0.15, -0.1) is 0 Å². The van der Waals surface area contributed by atoms with Crippen LogP contribution in [0.3, 0.4) is 0 Å². The van der Waals surface area contributed by atoms with Gasteiger partial charge in [-0.05, 0) is 47.4 Å². The largest absolute Gasteiger partial charge is 0.310 e. The predicted octanol–water partition coefficient (Wildman–Crippen LogP) is 4.41. The normalized spacial score (nSPS) is 12.5. The van der Waals surface area contributed by atoms with Gasteiger partial charge in [-0.25, -0.2) is 0 Å². The zero-order valence-corrected chi connectivity index (χ0v) is 15.3. The van der Waals surface area contributed by atoms with E-state index >= 15 is 0 Å². The molecule has 0 spiro atoms. The number of carbonyl (C=O) groups excluding carboxylic acids is 1. The molecule has 0 aliphatic carbocycles. The molecule has 1 amide bonds. The smallest absolute Gasteiger partial charge is 0.231 e. The average Bonchev–Trinajstić information content (AvgIpc) is 3.14. The molecule has 4 nitrogen and oxygen atoms in total. The number of carbonyl (C=O) groups is 1. The number of pyridine rings is 1. The molecule has 4 rings (SSSR count). The fourth-order valence-electron chi connectivity index (χ4n) is 3.42. The summed E-state index contributed by atoms with van der Waals surface area (Å²) in [7, 11) is 0. The van der Waals surface area contributed by atoms with Gasteiger partial charge in [0.1, 0.15) is 0 Å². The highest BCUT2D eigenvalue weighted by Crippen LogP contribution is 2.35. The molecule has 0 atom stereocenters. The summed E-state index contributed by atoms with van der Waals surface area (Å²) in [5.41, 5.74) is 5.58. The van der Waals surface area contributed by atoms with Gasteiger partial charge in [0.15, 0.2) is 0 Å². The summed E-state index contributed by atoms with van der Waals surface area (Å²) in [6, 6.07) is 16.9. The number of fused-ring (bicyclic) bond motifs is 1. The lowest BCUT2D eigenvalue weighted by Gasteiger charge is -2.17. The molecule has 132 valence electrons. The summed E-state index contributed by atoms with van der Waals surface area (Å²) in [5, 5.41) is 9.63. The Hall–Kier alpha value is -3.16. The van der Waals surface area contributed by atoms with E-state index < -0.39 is 0 Å². The number of anilines is 1. The molecule has 0 saturated heterocycles. The minimum absolute atomic E-state index is 0.0508. The van der Waals surface area contributed by atoms with E-state index in [1.54, 1.807) is 30.5 Å². The summed E-state index contributed by atoms with van der Waals surface area (Å²) in [6.45, 7) is 0.650. The number of rotatable bonds is 3. The van der Waals surface area contributed by atoms with Crippen molar-refractivity contribution < 1.29 is 4.79 Å². The third-order valence-electron chi connectivity index (χ3n) is 4.81. The Balaban J connectivity index is 1.61. The fourth-order valence-corrected chi connectivity index (χ4v) is 3.55. The number of aromatic nitrogens is 1. The van der Waals surface area contributed by atoms with Crippen molar-refractivity contribution in [2.24, 2.45) is 0 Å². The van der Waals surface area contributed by atoms with Crippen LogP contribution in [0.1, 0.15) is 16.7 Å². The Morgan fingerprint density at radius 2 is 1.85 bits per heavy atom. The minimum Gasteiger partial charge on any atom is -0.310 e. The van der Waals surface area contributed by atoms with E-state index in [1.807, 2.05) is 35.4 Å². The second-order valence-electron chi connectivity index (χ2n) is 6.47. The van der Waals surface area contributed by atoms with Crippen LogP contribution in [0.15, 0.2) is 60.9 Å². The summed E-state index contributed by atoms with van der Waals surface area (Å²) < 4.78 is 0. The molecule has 3 aromatic rings. The summed E-state index contributed by atoms with van der Waals surface area (Å²) in [6.07, 6.45) is 4.71. The summed E-state index contributed by atoms with van der Waals surface area (Å²) in [4.78, 5) is 19.0. The topological polar surface area (TPSA) is 57.0 Å². The Bertz CT molecular complexity index is 1040. The lowest BCUT2D eigenvalue weighted by Crippen LogP contribution is -2.30. The zero-order chi connectivity index (χ0) is 18.8. The molecule has 5 heteroatoms. The van der Waals surface area contributed by atoms with Gasteiger partial charge in [0.25, 0.3) is 0 Å². The highest BCUT2D eigenvalue weighted by molar-refractivity contribution is 6.30. The number of hydrogen-bond acceptors (Lipinski definition) is 3. The van der Waals surface area contributed by atoms with E-state index in [2.05, 4.69) is 11.1 Å². The molecule has 2 aromatic carbocycles. The average molecular weight is 374 g/mol. The van der Waals surface area contributed by atoms with Crippen LogP contribution >= 0.6 is 11.6 Å². The van der Waals surface area contributed by atoms with E-state index in [0.717, 1.165) is 34.4 Å². The maximum absolute atomic E-state index is 12.8. The van der Waals surface area contributed by atoms with Crippen LogP contribution in [-0.4, -0.2) is 17.4 Å². The maximum Gasteiger partial charge on any atom is 0.231 e. The van der Waals surface area contributed by atoms with Crippen molar-refractivity contribution in [1.29, 1.82) is 5.26 Å².